The first-order valence-corrected chi connectivity index (χ1v) is 7.50. The van der Waals surface area contributed by atoms with Gasteiger partial charge in [0.2, 0.25) is 0 Å². The molecule has 0 aliphatic carbocycles. The molecule has 2 aromatic heterocycles. The van der Waals surface area contributed by atoms with Gasteiger partial charge < -0.3 is 10.4 Å². The lowest BCUT2D eigenvalue weighted by Crippen LogP contribution is -2.17. The maximum Gasteiger partial charge on any atom is 0.416 e. The maximum atomic E-state index is 12.9. The summed E-state index contributed by atoms with van der Waals surface area (Å²) in [5.41, 5.74) is 0.136. The monoisotopic (exact) mass is 351 g/mol. The fourth-order valence-corrected chi connectivity index (χ4v) is 2.57. The molecule has 3 aromatic rings. The number of anilines is 1. The summed E-state index contributed by atoms with van der Waals surface area (Å²) in [6.45, 7) is 1.31. The summed E-state index contributed by atoms with van der Waals surface area (Å²) in [4.78, 5) is 8.58. The van der Waals surface area contributed by atoms with E-state index in [2.05, 4.69) is 20.4 Å². The van der Waals surface area contributed by atoms with Crippen LogP contribution in [-0.4, -0.2) is 31.5 Å². The third-order valence-electron chi connectivity index (χ3n) is 3.81. The quantitative estimate of drug-likeness (QED) is 0.756. The van der Waals surface area contributed by atoms with Crippen LogP contribution in [0.4, 0.5) is 19.0 Å². The number of halogens is 3. The molecule has 0 spiro atoms. The molecule has 1 atom stereocenters. The molecule has 3 rings (SSSR count). The minimum Gasteiger partial charge on any atom is -0.394 e. The van der Waals surface area contributed by atoms with Crippen molar-refractivity contribution >= 4 is 16.9 Å². The standard InChI is InChI=1S/C16H16F3N5O/c1-9-21-14(12-7-20-24(2)15(12)22-9)23-13(8-25)10-4-3-5-11(6-10)16(17,18)19/h3-7,13,25H,8H2,1-2H3,(H,21,22,23). The molecule has 1 unspecified atom stereocenters. The van der Waals surface area contributed by atoms with Crippen LogP contribution < -0.4 is 5.32 Å². The van der Waals surface area contributed by atoms with Gasteiger partial charge in [0.25, 0.3) is 0 Å². The molecular formula is C16H16F3N5O. The van der Waals surface area contributed by atoms with Gasteiger partial charge in [-0.25, -0.2) is 9.97 Å². The topological polar surface area (TPSA) is 75.9 Å². The number of nitrogens with one attached hydrogen (secondary N) is 1. The van der Waals surface area contributed by atoms with Crippen LogP contribution in [0.15, 0.2) is 30.5 Å². The number of aromatic nitrogens is 4. The van der Waals surface area contributed by atoms with Crippen molar-refractivity contribution in [3.8, 4) is 0 Å². The average Bonchev–Trinajstić information content (AvgIpc) is 2.93. The summed E-state index contributed by atoms with van der Waals surface area (Å²) in [7, 11) is 1.73. The first kappa shape index (κ1) is 17.2. The second-order valence-corrected chi connectivity index (χ2v) is 5.63. The van der Waals surface area contributed by atoms with E-state index >= 15 is 0 Å². The van der Waals surface area contributed by atoms with E-state index in [1.807, 2.05) is 0 Å². The number of alkyl halides is 3. The van der Waals surface area contributed by atoms with Gasteiger partial charge in [0.1, 0.15) is 11.6 Å². The molecule has 6 nitrogen and oxygen atoms in total. The summed E-state index contributed by atoms with van der Waals surface area (Å²) in [6.07, 6.45) is -2.88. The number of hydrogen-bond donors (Lipinski definition) is 2. The Balaban J connectivity index is 1.99. The zero-order valence-electron chi connectivity index (χ0n) is 13.5. The molecule has 0 saturated heterocycles. The van der Waals surface area contributed by atoms with E-state index in [0.717, 1.165) is 12.1 Å². The Morgan fingerprint density at radius 3 is 2.72 bits per heavy atom. The fraction of sp³-hybridized carbons (Fsp3) is 0.312. The van der Waals surface area contributed by atoms with E-state index in [-0.39, 0.29) is 0 Å². The van der Waals surface area contributed by atoms with Crippen molar-refractivity contribution in [1.29, 1.82) is 0 Å². The predicted molar refractivity (Wildman–Crippen MR) is 85.9 cm³/mol. The maximum absolute atomic E-state index is 12.9. The molecule has 0 aliphatic heterocycles. The van der Waals surface area contributed by atoms with E-state index in [4.69, 9.17) is 0 Å². The van der Waals surface area contributed by atoms with E-state index < -0.39 is 24.4 Å². The van der Waals surface area contributed by atoms with Crippen molar-refractivity contribution in [2.24, 2.45) is 7.05 Å². The zero-order chi connectivity index (χ0) is 18.2. The minimum atomic E-state index is -4.45. The Morgan fingerprint density at radius 2 is 2.04 bits per heavy atom. The zero-order valence-corrected chi connectivity index (χ0v) is 13.5. The summed E-state index contributed by atoms with van der Waals surface area (Å²) < 4.78 is 40.3. The summed E-state index contributed by atoms with van der Waals surface area (Å²) >= 11 is 0. The third kappa shape index (κ3) is 3.41. The Labute approximate surface area is 141 Å². The molecule has 0 aliphatic rings. The first-order chi connectivity index (χ1) is 11.8. The lowest BCUT2D eigenvalue weighted by atomic mass is 10.0. The predicted octanol–water partition coefficient (Wildman–Crippen LogP) is 2.84. The largest absolute Gasteiger partial charge is 0.416 e. The van der Waals surface area contributed by atoms with Crippen molar-refractivity contribution in [3.05, 3.63) is 47.4 Å². The molecule has 0 fully saturated rings. The lowest BCUT2D eigenvalue weighted by Gasteiger charge is -2.19. The Kier molecular flexibility index (Phi) is 4.34. The molecular weight excluding hydrogens is 335 g/mol. The number of aliphatic hydroxyl groups is 1. The number of aryl methyl sites for hydroxylation is 2. The van der Waals surface area contributed by atoms with Crippen LogP contribution in [0.2, 0.25) is 0 Å². The van der Waals surface area contributed by atoms with Gasteiger partial charge in [-0.15, -0.1) is 0 Å². The number of aliphatic hydroxyl groups excluding tert-OH is 1. The summed E-state index contributed by atoms with van der Waals surface area (Å²) in [5.74, 6) is 0.895. The van der Waals surface area contributed by atoms with Gasteiger partial charge >= 0.3 is 6.18 Å². The summed E-state index contributed by atoms with van der Waals surface area (Å²) in [5, 5.41) is 17.4. The minimum absolute atomic E-state index is 0.311. The Hall–Kier alpha value is -2.68. The van der Waals surface area contributed by atoms with Crippen LogP contribution in [0.25, 0.3) is 11.0 Å². The first-order valence-electron chi connectivity index (χ1n) is 7.50. The van der Waals surface area contributed by atoms with Crippen molar-refractivity contribution in [3.63, 3.8) is 0 Å². The smallest absolute Gasteiger partial charge is 0.394 e. The van der Waals surface area contributed by atoms with Crippen LogP contribution in [0.3, 0.4) is 0 Å². The molecule has 0 bridgehead atoms. The Bertz CT molecular complexity index is 906. The highest BCUT2D eigenvalue weighted by Crippen LogP contribution is 2.32. The van der Waals surface area contributed by atoms with Gasteiger partial charge in [0.15, 0.2) is 5.65 Å². The fourth-order valence-electron chi connectivity index (χ4n) is 2.57. The lowest BCUT2D eigenvalue weighted by molar-refractivity contribution is -0.137. The van der Waals surface area contributed by atoms with Crippen LogP contribution in [0.1, 0.15) is 23.0 Å². The van der Waals surface area contributed by atoms with Gasteiger partial charge in [-0.05, 0) is 24.6 Å². The van der Waals surface area contributed by atoms with Crippen LogP contribution in [-0.2, 0) is 13.2 Å². The van der Waals surface area contributed by atoms with E-state index in [0.29, 0.717) is 28.2 Å². The molecule has 0 saturated carbocycles. The Morgan fingerprint density at radius 1 is 1.28 bits per heavy atom. The molecule has 0 amide bonds. The summed E-state index contributed by atoms with van der Waals surface area (Å²) in [6, 6.07) is 4.10. The van der Waals surface area contributed by atoms with Crippen molar-refractivity contribution in [1.82, 2.24) is 19.7 Å². The molecule has 25 heavy (non-hydrogen) atoms. The van der Waals surface area contributed by atoms with Crippen LogP contribution in [0, 0.1) is 6.92 Å². The molecule has 2 N–H and O–H groups in total. The average molecular weight is 351 g/mol. The molecule has 9 heteroatoms. The van der Waals surface area contributed by atoms with Crippen LogP contribution in [0.5, 0.6) is 0 Å². The molecule has 132 valence electrons. The van der Waals surface area contributed by atoms with Crippen molar-refractivity contribution < 1.29 is 18.3 Å². The van der Waals surface area contributed by atoms with Gasteiger partial charge in [0.05, 0.1) is 29.8 Å². The normalized spacial score (nSPS) is 13.2. The second-order valence-electron chi connectivity index (χ2n) is 5.63. The number of benzene rings is 1. The molecule has 1 aromatic carbocycles. The van der Waals surface area contributed by atoms with E-state index in [1.165, 1.54) is 12.1 Å². The highest BCUT2D eigenvalue weighted by atomic mass is 19.4. The van der Waals surface area contributed by atoms with E-state index in [1.54, 1.807) is 24.9 Å². The number of rotatable bonds is 4. The molecule has 2 heterocycles. The van der Waals surface area contributed by atoms with E-state index in [9.17, 15) is 18.3 Å². The highest BCUT2D eigenvalue weighted by Gasteiger charge is 2.31. The van der Waals surface area contributed by atoms with Gasteiger partial charge in [0, 0.05) is 7.05 Å². The number of fused-ring (bicyclic) bond motifs is 1. The van der Waals surface area contributed by atoms with Gasteiger partial charge in [-0.3, -0.25) is 4.68 Å². The van der Waals surface area contributed by atoms with Crippen molar-refractivity contribution in [2.75, 3.05) is 11.9 Å². The third-order valence-corrected chi connectivity index (χ3v) is 3.81. The highest BCUT2D eigenvalue weighted by molar-refractivity contribution is 5.86. The van der Waals surface area contributed by atoms with Crippen molar-refractivity contribution in [2.45, 2.75) is 19.1 Å². The van der Waals surface area contributed by atoms with Gasteiger partial charge in [-0.1, -0.05) is 12.1 Å². The second kappa shape index (κ2) is 6.32. The number of nitrogens with zero attached hydrogens (tertiary/aromatic N) is 4. The SMILES string of the molecule is Cc1nc(NC(CO)c2cccc(C(F)(F)F)c2)c2cnn(C)c2n1. The van der Waals surface area contributed by atoms with Crippen LogP contribution >= 0.6 is 0 Å². The molecule has 0 radical (unpaired) electrons. The number of hydrogen-bond acceptors (Lipinski definition) is 5. The van der Waals surface area contributed by atoms with Gasteiger partial charge in [-0.2, -0.15) is 18.3 Å².